The molecule has 106 valence electrons. The van der Waals surface area contributed by atoms with Gasteiger partial charge in [0.15, 0.2) is 6.04 Å². The molecule has 20 heavy (non-hydrogen) atoms. The smallest absolute Gasteiger partial charge is 0.330 e. The van der Waals surface area contributed by atoms with Crippen LogP contribution in [-0.4, -0.2) is 35.6 Å². The van der Waals surface area contributed by atoms with Crippen LogP contribution in [0.4, 0.5) is 11.5 Å². The minimum Gasteiger partial charge on any atom is -0.479 e. The van der Waals surface area contributed by atoms with E-state index in [0.717, 1.165) is 0 Å². The summed E-state index contributed by atoms with van der Waals surface area (Å²) in [6, 6.07) is -1.17. The molecule has 1 atom stereocenters. The third-order valence-corrected chi connectivity index (χ3v) is 2.59. The van der Waals surface area contributed by atoms with Crippen molar-refractivity contribution < 1.29 is 14.8 Å². The Bertz CT molecular complexity index is 661. The Morgan fingerprint density at radius 1 is 1.45 bits per heavy atom. The molecular weight excluding hydrogens is 268 g/mol. The van der Waals surface area contributed by atoms with Gasteiger partial charge in [-0.15, -0.1) is 5.10 Å². The number of hydrogen-bond acceptors (Lipinski definition) is 6. The minimum absolute atomic E-state index is 0.103. The van der Waals surface area contributed by atoms with Crippen molar-refractivity contribution in [2.24, 2.45) is 14.1 Å². The highest BCUT2D eigenvalue weighted by molar-refractivity contribution is 5.79. The van der Waals surface area contributed by atoms with Crippen LogP contribution in [0.3, 0.4) is 0 Å². The number of rotatable bonds is 5. The minimum atomic E-state index is -1.18. The first kappa shape index (κ1) is 13.5. The summed E-state index contributed by atoms with van der Waals surface area (Å²) in [5, 5.41) is 30.4. The van der Waals surface area contributed by atoms with Gasteiger partial charge in [-0.2, -0.15) is 5.10 Å². The summed E-state index contributed by atoms with van der Waals surface area (Å²) >= 11 is 0. The first-order chi connectivity index (χ1) is 9.38. The average molecular weight is 280 g/mol. The Balaban J connectivity index is 2.34. The number of carboxylic acids is 1. The van der Waals surface area contributed by atoms with Crippen molar-refractivity contribution in [2.75, 3.05) is 5.32 Å². The van der Waals surface area contributed by atoms with Gasteiger partial charge in [-0.05, 0) is 0 Å². The van der Waals surface area contributed by atoms with Gasteiger partial charge in [0.25, 0.3) is 0 Å². The van der Waals surface area contributed by atoms with Crippen LogP contribution in [0, 0.1) is 10.1 Å². The maximum Gasteiger partial charge on any atom is 0.330 e. The van der Waals surface area contributed by atoms with Gasteiger partial charge in [0, 0.05) is 25.9 Å². The van der Waals surface area contributed by atoms with Crippen molar-refractivity contribution in [3.63, 3.8) is 0 Å². The Labute approximate surface area is 112 Å². The molecule has 2 heterocycles. The number of hydrogen-bond donors (Lipinski definition) is 2. The van der Waals surface area contributed by atoms with E-state index in [0.29, 0.717) is 5.56 Å². The normalized spacial score (nSPS) is 12.1. The van der Waals surface area contributed by atoms with Crippen LogP contribution in [-0.2, 0) is 18.9 Å². The molecule has 2 aromatic heterocycles. The lowest BCUT2D eigenvalue weighted by atomic mass is 10.1. The van der Waals surface area contributed by atoms with Crippen LogP contribution in [0.2, 0.25) is 0 Å². The van der Waals surface area contributed by atoms with Gasteiger partial charge >= 0.3 is 11.7 Å². The number of aryl methyl sites for hydroxylation is 2. The number of nitro groups is 1. The van der Waals surface area contributed by atoms with Gasteiger partial charge in [-0.1, -0.05) is 0 Å². The van der Waals surface area contributed by atoms with E-state index in [2.05, 4.69) is 15.5 Å². The number of carboxylic acid groups (broad SMARTS) is 1. The van der Waals surface area contributed by atoms with Crippen LogP contribution in [0.5, 0.6) is 0 Å². The summed E-state index contributed by atoms with van der Waals surface area (Å²) in [6.45, 7) is 0. The quantitative estimate of drug-likeness (QED) is 0.595. The molecule has 10 nitrogen and oxygen atoms in total. The van der Waals surface area contributed by atoms with Crippen molar-refractivity contribution in [1.29, 1.82) is 0 Å². The fourth-order valence-corrected chi connectivity index (χ4v) is 1.73. The molecule has 0 aliphatic rings. The van der Waals surface area contributed by atoms with Crippen molar-refractivity contribution in [3.8, 4) is 0 Å². The lowest BCUT2D eigenvalue weighted by Crippen LogP contribution is -2.21. The molecule has 0 spiro atoms. The molecule has 0 aliphatic carbocycles. The molecule has 0 saturated heterocycles. The standard InChI is InChI=1S/C10H12N6O4/c1-14-4-6(3-11-14)8(10(17)18)12-9-7(16(19)20)5-15(2)13-9/h3-5,8H,1-2H3,(H,12,13)(H,17,18). The SMILES string of the molecule is Cn1cc(C(Nc2nn(C)cc2[N+](=O)[O-])C(=O)O)cn1. The van der Waals surface area contributed by atoms with E-state index in [1.807, 2.05) is 0 Å². The summed E-state index contributed by atoms with van der Waals surface area (Å²) in [5.41, 5.74) is 0.0857. The van der Waals surface area contributed by atoms with Crippen molar-refractivity contribution >= 4 is 17.5 Å². The van der Waals surface area contributed by atoms with Crippen molar-refractivity contribution in [1.82, 2.24) is 19.6 Å². The van der Waals surface area contributed by atoms with Gasteiger partial charge in [-0.25, -0.2) is 4.79 Å². The summed E-state index contributed by atoms with van der Waals surface area (Å²) < 4.78 is 2.68. The average Bonchev–Trinajstić information content (AvgIpc) is 2.92. The molecule has 2 aromatic rings. The third kappa shape index (κ3) is 2.58. The molecular formula is C10H12N6O4. The molecule has 0 aliphatic heterocycles. The number of nitrogens with one attached hydrogen (secondary N) is 1. The highest BCUT2D eigenvalue weighted by Crippen LogP contribution is 2.26. The monoisotopic (exact) mass is 280 g/mol. The van der Waals surface area contributed by atoms with Gasteiger partial charge in [-0.3, -0.25) is 19.5 Å². The highest BCUT2D eigenvalue weighted by atomic mass is 16.6. The number of anilines is 1. The van der Waals surface area contributed by atoms with Gasteiger partial charge in [0.05, 0.1) is 11.1 Å². The molecule has 0 radical (unpaired) electrons. The second kappa shape index (κ2) is 4.99. The fourth-order valence-electron chi connectivity index (χ4n) is 1.73. The topological polar surface area (TPSA) is 128 Å². The zero-order valence-corrected chi connectivity index (χ0v) is 10.7. The van der Waals surface area contributed by atoms with E-state index < -0.39 is 16.9 Å². The zero-order chi connectivity index (χ0) is 14.9. The van der Waals surface area contributed by atoms with Gasteiger partial charge in [0.1, 0.15) is 6.20 Å². The molecule has 0 amide bonds. The number of aliphatic carboxylic acids is 1. The lowest BCUT2D eigenvalue weighted by Gasteiger charge is -2.11. The number of nitrogens with zero attached hydrogens (tertiary/aromatic N) is 5. The van der Waals surface area contributed by atoms with Crippen LogP contribution in [0.1, 0.15) is 11.6 Å². The molecule has 2 rings (SSSR count). The van der Waals surface area contributed by atoms with E-state index >= 15 is 0 Å². The summed E-state index contributed by atoms with van der Waals surface area (Å²) in [7, 11) is 3.16. The third-order valence-electron chi connectivity index (χ3n) is 2.59. The molecule has 0 aromatic carbocycles. The Morgan fingerprint density at radius 2 is 2.15 bits per heavy atom. The summed E-state index contributed by atoms with van der Waals surface area (Å²) in [4.78, 5) is 21.5. The van der Waals surface area contributed by atoms with Crippen LogP contribution >= 0.6 is 0 Å². The largest absolute Gasteiger partial charge is 0.479 e. The molecule has 0 saturated carbocycles. The second-order valence-corrected chi connectivity index (χ2v) is 4.16. The fraction of sp³-hybridized carbons (Fsp3) is 0.300. The Morgan fingerprint density at radius 3 is 2.65 bits per heavy atom. The van der Waals surface area contributed by atoms with Gasteiger partial charge in [0.2, 0.25) is 5.82 Å². The zero-order valence-electron chi connectivity index (χ0n) is 10.7. The van der Waals surface area contributed by atoms with E-state index in [9.17, 15) is 20.0 Å². The van der Waals surface area contributed by atoms with E-state index in [4.69, 9.17) is 0 Å². The lowest BCUT2D eigenvalue weighted by molar-refractivity contribution is -0.384. The first-order valence-corrected chi connectivity index (χ1v) is 5.54. The van der Waals surface area contributed by atoms with Crippen LogP contribution in [0.25, 0.3) is 0 Å². The van der Waals surface area contributed by atoms with E-state index in [1.165, 1.54) is 35.0 Å². The number of carbonyl (C=O) groups is 1. The van der Waals surface area contributed by atoms with Crippen LogP contribution < -0.4 is 5.32 Å². The Kier molecular flexibility index (Phi) is 3.37. The molecule has 0 fully saturated rings. The van der Waals surface area contributed by atoms with Crippen molar-refractivity contribution in [3.05, 3.63) is 34.3 Å². The van der Waals surface area contributed by atoms with Gasteiger partial charge < -0.3 is 10.4 Å². The molecule has 2 N–H and O–H groups in total. The molecule has 0 bridgehead atoms. The number of aromatic nitrogens is 4. The molecule has 1 unspecified atom stereocenters. The maximum atomic E-state index is 11.3. The summed E-state index contributed by atoms with van der Waals surface area (Å²) in [5.74, 6) is -1.29. The first-order valence-electron chi connectivity index (χ1n) is 5.54. The second-order valence-electron chi connectivity index (χ2n) is 4.16. The summed E-state index contributed by atoms with van der Waals surface area (Å²) in [6.07, 6.45) is 4.09. The van der Waals surface area contributed by atoms with Crippen LogP contribution in [0.15, 0.2) is 18.6 Å². The highest BCUT2D eigenvalue weighted by Gasteiger charge is 2.27. The predicted molar refractivity (Wildman–Crippen MR) is 67.1 cm³/mol. The molecule has 10 heteroatoms. The Hall–Kier alpha value is -2.91. The van der Waals surface area contributed by atoms with E-state index in [1.54, 1.807) is 7.05 Å². The predicted octanol–water partition coefficient (Wildman–Crippen LogP) is 0.300. The maximum absolute atomic E-state index is 11.3. The van der Waals surface area contributed by atoms with E-state index in [-0.39, 0.29) is 11.5 Å². The van der Waals surface area contributed by atoms with Crippen molar-refractivity contribution in [2.45, 2.75) is 6.04 Å².